The van der Waals surface area contributed by atoms with Gasteiger partial charge in [-0.15, -0.1) is 0 Å². The lowest BCUT2D eigenvalue weighted by Gasteiger charge is -2.34. The molecule has 0 atom stereocenters. The highest BCUT2D eigenvalue weighted by molar-refractivity contribution is 5.90. The lowest BCUT2D eigenvalue weighted by molar-refractivity contribution is 0.148. The van der Waals surface area contributed by atoms with Gasteiger partial charge in [-0.1, -0.05) is 43.3 Å². The third kappa shape index (κ3) is 4.61. The zero-order chi connectivity index (χ0) is 18.4. The van der Waals surface area contributed by atoms with Crippen LogP contribution in [0, 0.1) is 5.82 Å². The summed E-state index contributed by atoms with van der Waals surface area (Å²) in [5.74, 6) is -0.139. The molecular formula is C21H26FN3O. The Hall–Kier alpha value is -2.40. The van der Waals surface area contributed by atoms with Gasteiger partial charge in [0, 0.05) is 38.4 Å². The zero-order valence-electron chi connectivity index (χ0n) is 15.2. The minimum atomic E-state index is -0.139. The van der Waals surface area contributed by atoms with Crippen LogP contribution >= 0.6 is 0 Å². The lowest BCUT2D eigenvalue weighted by Crippen LogP contribution is -2.50. The van der Waals surface area contributed by atoms with E-state index in [9.17, 15) is 9.18 Å². The third-order valence-corrected chi connectivity index (χ3v) is 4.95. The molecule has 2 aromatic rings. The van der Waals surface area contributed by atoms with Gasteiger partial charge < -0.3 is 10.2 Å². The molecule has 0 bridgehead atoms. The fourth-order valence-corrected chi connectivity index (χ4v) is 3.30. The highest BCUT2D eigenvalue weighted by Gasteiger charge is 2.21. The van der Waals surface area contributed by atoms with Crippen molar-refractivity contribution in [3.05, 3.63) is 65.5 Å². The number of carbonyl (C=O) groups excluding carboxylic acids is 1. The van der Waals surface area contributed by atoms with Gasteiger partial charge in [-0.05, 0) is 36.1 Å². The second-order valence-corrected chi connectivity index (χ2v) is 6.61. The number of nitrogens with zero attached hydrogens (tertiary/aromatic N) is 2. The number of anilines is 1. The zero-order valence-corrected chi connectivity index (χ0v) is 15.2. The number of para-hydroxylation sites is 1. The summed E-state index contributed by atoms with van der Waals surface area (Å²) >= 11 is 0. The van der Waals surface area contributed by atoms with Crippen molar-refractivity contribution in [2.75, 3.05) is 38.0 Å². The molecule has 1 fully saturated rings. The molecular weight excluding hydrogens is 329 g/mol. The van der Waals surface area contributed by atoms with Crippen molar-refractivity contribution in [1.82, 2.24) is 9.80 Å². The summed E-state index contributed by atoms with van der Waals surface area (Å²) in [5, 5.41) is 3.03. The average Bonchev–Trinajstić information content (AvgIpc) is 2.68. The summed E-state index contributed by atoms with van der Waals surface area (Å²) in [4.78, 5) is 16.7. The number of hydrogen-bond donors (Lipinski definition) is 1. The van der Waals surface area contributed by atoms with Gasteiger partial charge in [0.05, 0.1) is 0 Å². The Labute approximate surface area is 154 Å². The molecule has 1 aliphatic rings. The van der Waals surface area contributed by atoms with Crippen molar-refractivity contribution in [1.29, 1.82) is 0 Å². The van der Waals surface area contributed by atoms with E-state index >= 15 is 0 Å². The minimum Gasteiger partial charge on any atom is -0.322 e. The van der Waals surface area contributed by atoms with Crippen molar-refractivity contribution < 1.29 is 9.18 Å². The maximum Gasteiger partial charge on any atom is 0.321 e. The first-order chi connectivity index (χ1) is 12.7. The smallest absolute Gasteiger partial charge is 0.321 e. The van der Waals surface area contributed by atoms with E-state index in [0.29, 0.717) is 19.5 Å². The number of piperazine rings is 1. The van der Waals surface area contributed by atoms with Gasteiger partial charge in [-0.25, -0.2) is 9.18 Å². The van der Waals surface area contributed by atoms with E-state index in [1.165, 1.54) is 6.07 Å². The first-order valence-electron chi connectivity index (χ1n) is 9.27. The van der Waals surface area contributed by atoms with E-state index in [4.69, 9.17) is 0 Å². The van der Waals surface area contributed by atoms with Gasteiger partial charge in [0.1, 0.15) is 5.82 Å². The number of nitrogens with one attached hydrogen (secondary N) is 1. The van der Waals surface area contributed by atoms with E-state index in [1.54, 1.807) is 6.07 Å². The Morgan fingerprint density at radius 1 is 1.00 bits per heavy atom. The molecule has 0 radical (unpaired) electrons. The fraction of sp³-hybridized carbons (Fsp3) is 0.381. The minimum absolute atomic E-state index is 0.0420. The van der Waals surface area contributed by atoms with Crippen LogP contribution in [0.1, 0.15) is 18.1 Å². The maximum atomic E-state index is 13.7. The first-order valence-corrected chi connectivity index (χ1v) is 9.27. The number of benzene rings is 2. The SMILES string of the molecule is CCc1ccccc1NC(=O)N1CCN(CCc2ccccc2F)CC1. The van der Waals surface area contributed by atoms with E-state index in [-0.39, 0.29) is 11.8 Å². The van der Waals surface area contributed by atoms with E-state index in [1.807, 2.05) is 41.3 Å². The number of hydrogen-bond acceptors (Lipinski definition) is 2. The van der Waals surface area contributed by atoms with E-state index in [0.717, 1.165) is 42.9 Å². The molecule has 0 unspecified atom stereocenters. The third-order valence-electron chi connectivity index (χ3n) is 4.95. The highest BCUT2D eigenvalue weighted by Crippen LogP contribution is 2.16. The molecule has 0 saturated carbocycles. The van der Waals surface area contributed by atoms with Crippen LogP contribution in [-0.2, 0) is 12.8 Å². The van der Waals surface area contributed by atoms with Gasteiger partial charge in [0.2, 0.25) is 0 Å². The Kier molecular flexibility index (Phi) is 6.23. The van der Waals surface area contributed by atoms with E-state index in [2.05, 4.69) is 17.1 Å². The van der Waals surface area contributed by atoms with Crippen molar-refractivity contribution in [2.24, 2.45) is 0 Å². The predicted octanol–water partition coefficient (Wildman–Crippen LogP) is 3.78. The largest absolute Gasteiger partial charge is 0.322 e. The molecule has 4 nitrogen and oxygen atoms in total. The first kappa shape index (κ1) is 18.4. The van der Waals surface area contributed by atoms with Crippen LogP contribution in [-0.4, -0.2) is 48.6 Å². The summed E-state index contributed by atoms with van der Waals surface area (Å²) in [6.07, 6.45) is 1.59. The molecule has 0 aromatic heterocycles. The molecule has 138 valence electrons. The number of rotatable bonds is 5. The summed E-state index contributed by atoms with van der Waals surface area (Å²) in [6.45, 7) is 5.91. The fourth-order valence-electron chi connectivity index (χ4n) is 3.30. The molecule has 2 amide bonds. The van der Waals surface area contributed by atoms with E-state index < -0.39 is 0 Å². The monoisotopic (exact) mass is 355 g/mol. The summed E-state index contributed by atoms with van der Waals surface area (Å²) in [7, 11) is 0. The molecule has 1 aliphatic heterocycles. The Morgan fingerprint density at radius 2 is 1.65 bits per heavy atom. The number of aryl methyl sites for hydroxylation is 1. The number of amides is 2. The second kappa shape index (κ2) is 8.81. The van der Waals surface area contributed by atoms with Crippen LogP contribution in [0.15, 0.2) is 48.5 Å². The topological polar surface area (TPSA) is 35.6 Å². The Balaban J connectivity index is 1.47. The van der Waals surface area contributed by atoms with Gasteiger partial charge in [0.25, 0.3) is 0 Å². The summed E-state index contributed by atoms with van der Waals surface area (Å²) in [5.41, 5.74) is 2.79. The molecule has 26 heavy (non-hydrogen) atoms. The number of carbonyl (C=O) groups is 1. The Morgan fingerprint density at radius 3 is 2.35 bits per heavy atom. The molecule has 1 saturated heterocycles. The number of halogens is 1. The molecule has 5 heteroatoms. The lowest BCUT2D eigenvalue weighted by atomic mass is 10.1. The molecule has 3 rings (SSSR count). The molecule has 0 spiro atoms. The molecule has 1 N–H and O–H groups in total. The van der Waals surface area contributed by atoms with Gasteiger partial charge in [-0.2, -0.15) is 0 Å². The quantitative estimate of drug-likeness (QED) is 0.886. The molecule has 0 aliphatic carbocycles. The van der Waals surface area contributed by atoms with Crippen LogP contribution in [0.5, 0.6) is 0 Å². The summed E-state index contributed by atoms with van der Waals surface area (Å²) in [6, 6.07) is 14.8. The van der Waals surface area contributed by atoms with Crippen LogP contribution in [0.25, 0.3) is 0 Å². The molecule has 2 aromatic carbocycles. The van der Waals surface area contributed by atoms with Crippen molar-refractivity contribution >= 4 is 11.7 Å². The standard InChI is InChI=1S/C21H26FN3O/c1-2-17-7-4-6-10-20(17)23-21(26)25-15-13-24(14-16-25)12-11-18-8-3-5-9-19(18)22/h3-10H,2,11-16H2,1H3,(H,23,26). The normalized spacial score (nSPS) is 15.1. The van der Waals surface area contributed by atoms with Crippen LogP contribution in [0.3, 0.4) is 0 Å². The highest BCUT2D eigenvalue weighted by atomic mass is 19.1. The van der Waals surface area contributed by atoms with Crippen molar-refractivity contribution in [2.45, 2.75) is 19.8 Å². The second-order valence-electron chi connectivity index (χ2n) is 6.61. The maximum absolute atomic E-state index is 13.7. The van der Waals surface area contributed by atoms with Gasteiger partial charge in [0.15, 0.2) is 0 Å². The van der Waals surface area contributed by atoms with Crippen LogP contribution in [0.2, 0.25) is 0 Å². The van der Waals surface area contributed by atoms with Gasteiger partial charge in [-0.3, -0.25) is 4.90 Å². The predicted molar refractivity (Wildman–Crippen MR) is 103 cm³/mol. The Bertz CT molecular complexity index is 742. The van der Waals surface area contributed by atoms with Crippen LogP contribution < -0.4 is 5.32 Å². The average molecular weight is 355 g/mol. The number of urea groups is 1. The van der Waals surface area contributed by atoms with Crippen LogP contribution in [0.4, 0.5) is 14.9 Å². The van der Waals surface area contributed by atoms with Gasteiger partial charge >= 0.3 is 6.03 Å². The van der Waals surface area contributed by atoms with Crippen molar-refractivity contribution in [3.8, 4) is 0 Å². The van der Waals surface area contributed by atoms with Crippen molar-refractivity contribution in [3.63, 3.8) is 0 Å². The molecule has 1 heterocycles. The summed E-state index contributed by atoms with van der Waals surface area (Å²) < 4.78 is 13.7.